The largest absolute Gasteiger partial charge is 0.512 e. The normalized spacial score (nSPS) is 39.3. The van der Waals surface area contributed by atoms with Crippen LogP contribution in [-0.2, 0) is 4.79 Å². The summed E-state index contributed by atoms with van der Waals surface area (Å²) in [4.78, 5) is 10.0. The lowest BCUT2D eigenvalue weighted by atomic mass is 9.75. The van der Waals surface area contributed by atoms with Crippen LogP contribution in [0.25, 0.3) is 0 Å². The molecule has 14 nitrogen and oxygen atoms in total. The molecule has 9 aliphatic rings. The van der Waals surface area contributed by atoms with Crippen LogP contribution < -0.4 is 61.5 Å². The Morgan fingerprint density at radius 1 is 0.368 bits per heavy atom. The predicted molar refractivity (Wildman–Crippen MR) is 299 cm³/mol. The molecule has 8 bridgehead atoms. The van der Waals surface area contributed by atoms with Crippen molar-refractivity contribution in [3.63, 3.8) is 0 Å². The molecule has 406 valence electrons. The lowest BCUT2D eigenvalue weighted by molar-refractivity contribution is -0.112. The molecule has 4 saturated carbocycles. The Kier molecular flexibility index (Phi) is 17.1. The first kappa shape index (κ1) is 53.5. The highest BCUT2D eigenvalue weighted by molar-refractivity contribution is 5.87. The molecule has 13 rings (SSSR count). The Bertz CT molecular complexity index is 2200. The van der Waals surface area contributed by atoms with Gasteiger partial charge in [0.2, 0.25) is 0 Å². The molecule has 15 heteroatoms. The maximum Gasteiger partial charge on any atom is 0.187 e. The highest BCUT2D eigenvalue weighted by Gasteiger charge is 2.57. The maximum atomic E-state index is 10.0. The van der Waals surface area contributed by atoms with Crippen LogP contribution in [0, 0.1) is 47.3 Å². The van der Waals surface area contributed by atoms with Gasteiger partial charge in [0.15, 0.2) is 23.1 Å². The fourth-order valence-electron chi connectivity index (χ4n) is 15.3. The number of aliphatic hydroxyl groups excluding tert-OH is 1. The molecule has 4 aliphatic carbocycles. The number of nitrogens with one attached hydrogen (secondary N) is 8. The number of carbonyl (C=O) groups excluding carboxylic acids is 1. The second-order valence-corrected chi connectivity index (χ2v) is 23.3. The summed E-state index contributed by atoms with van der Waals surface area (Å²) in [5.74, 6) is 7.35. The molecule has 9 N–H and O–H groups in total. The molecule has 12 atom stereocenters. The monoisotopic (exact) mass is 1050 g/mol. The third-order valence-corrected chi connectivity index (χ3v) is 18.5. The van der Waals surface area contributed by atoms with E-state index in [9.17, 15) is 4.79 Å². The highest BCUT2D eigenvalue weighted by atomic mass is 27.0. The van der Waals surface area contributed by atoms with Crippen LogP contribution in [0.1, 0.15) is 90.9 Å². The minimum Gasteiger partial charge on any atom is -0.512 e. The summed E-state index contributed by atoms with van der Waals surface area (Å²) >= 11 is 0. The second-order valence-electron chi connectivity index (χ2n) is 23.3. The van der Waals surface area contributed by atoms with Gasteiger partial charge in [-0.2, -0.15) is 0 Å². The fourth-order valence-corrected chi connectivity index (χ4v) is 15.3. The number of ether oxygens (including phenoxy) is 4. The van der Waals surface area contributed by atoms with Gasteiger partial charge in [-0.05, 0) is 187 Å². The van der Waals surface area contributed by atoms with Crippen LogP contribution in [0.5, 0.6) is 23.0 Å². The van der Waals surface area contributed by atoms with Crippen LogP contribution >= 0.6 is 0 Å². The Morgan fingerprint density at radius 2 is 0.579 bits per heavy atom. The Labute approximate surface area is 460 Å². The summed E-state index contributed by atoms with van der Waals surface area (Å²) in [5, 5.41) is 42.8. The molecule has 0 spiro atoms. The first-order valence-corrected chi connectivity index (χ1v) is 28.6. The van der Waals surface area contributed by atoms with Gasteiger partial charge in [-0.3, -0.25) is 47.3 Å². The van der Waals surface area contributed by atoms with E-state index >= 15 is 0 Å². The average Bonchev–Trinajstić information content (AvgIpc) is 4.21. The number of aliphatic hydroxyl groups is 1. The zero-order chi connectivity index (χ0) is 50.8. The molecule has 76 heavy (non-hydrogen) atoms. The standard InChI is InChI=1S/C56H72N8O4.C5H8O2.Al.3H/c1-5-13-33(14-6-1)65-37-21-25-41-45(29-37)53-57-49(41)62-54-47-31-39(67-35-17-9-3-10-18-35)23-27-43(47)51(59-54)64-56-48-32-40(68-36-19-11-4-12-20-36)24-28-44(48)52(60-56)63-55-46-30-38(66-34-15-7-2-8-16-34)22-26-42(46)50(58-55)61-53;1-4(6)3-5(2)7;;;;/h1-20,37-64H,21-32H2;3,6H,1-2H3;;;;/b;4-3-;;;;. The molecule has 5 heterocycles. The lowest BCUT2D eigenvalue weighted by Crippen LogP contribution is -2.61. The highest BCUT2D eigenvalue weighted by Crippen LogP contribution is 2.47. The van der Waals surface area contributed by atoms with E-state index in [1.807, 2.05) is 0 Å². The maximum absolute atomic E-state index is 10.0. The molecule has 0 aromatic heterocycles. The van der Waals surface area contributed by atoms with Gasteiger partial charge < -0.3 is 24.1 Å². The molecular formula is C61H83AlN8O6. The van der Waals surface area contributed by atoms with E-state index in [-0.39, 0.29) is 103 Å². The molecule has 4 aromatic carbocycles. The van der Waals surface area contributed by atoms with Crippen LogP contribution in [0.3, 0.4) is 0 Å². The van der Waals surface area contributed by atoms with Crippen molar-refractivity contribution in [3.05, 3.63) is 133 Å². The number of para-hydroxylation sites is 4. The first-order chi connectivity index (χ1) is 36.7. The van der Waals surface area contributed by atoms with Gasteiger partial charge in [-0.25, -0.2) is 0 Å². The molecular weight excluding hydrogens is 968 g/mol. The van der Waals surface area contributed by atoms with Crippen molar-refractivity contribution in [3.8, 4) is 23.0 Å². The zero-order valence-corrected chi connectivity index (χ0v) is 43.6. The van der Waals surface area contributed by atoms with Gasteiger partial charge >= 0.3 is 0 Å². The third-order valence-electron chi connectivity index (χ3n) is 18.5. The van der Waals surface area contributed by atoms with Gasteiger partial charge in [-0.1, -0.05) is 72.8 Å². The molecule has 4 aromatic rings. The van der Waals surface area contributed by atoms with Gasteiger partial charge in [0, 0.05) is 6.08 Å². The molecule has 0 radical (unpaired) electrons. The quantitative estimate of drug-likeness (QED) is 0.0494. The summed E-state index contributed by atoms with van der Waals surface area (Å²) in [6.45, 7) is 2.85. The van der Waals surface area contributed by atoms with Gasteiger partial charge in [0.05, 0.1) is 79.5 Å². The molecule has 5 saturated heterocycles. The van der Waals surface area contributed by atoms with E-state index in [1.54, 1.807) is 0 Å². The van der Waals surface area contributed by atoms with Gasteiger partial charge in [0.1, 0.15) is 23.0 Å². The lowest BCUT2D eigenvalue weighted by Gasteiger charge is -2.39. The molecule has 0 amide bonds. The van der Waals surface area contributed by atoms with Crippen molar-refractivity contribution in [2.45, 2.75) is 165 Å². The number of carbonyl (C=O) groups is 1. The van der Waals surface area contributed by atoms with Crippen molar-refractivity contribution in [1.29, 1.82) is 0 Å². The van der Waals surface area contributed by atoms with Crippen molar-refractivity contribution in [2.75, 3.05) is 0 Å². The van der Waals surface area contributed by atoms with E-state index in [1.165, 1.54) is 19.9 Å². The number of rotatable bonds is 9. The number of hydrogen-bond acceptors (Lipinski definition) is 14. The average molecular weight is 1050 g/mol. The van der Waals surface area contributed by atoms with Crippen LogP contribution in [0.4, 0.5) is 0 Å². The summed E-state index contributed by atoms with van der Waals surface area (Å²) in [6.07, 6.45) is 15.8. The van der Waals surface area contributed by atoms with Crippen LogP contribution in [-0.4, -0.2) is 102 Å². The smallest absolute Gasteiger partial charge is 0.187 e. The summed E-state index contributed by atoms with van der Waals surface area (Å²) in [7, 11) is 0. The van der Waals surface area contributed by atoms with Crippen molar-refractivity contribution < 1.29 is 28.8 Å². The molecule has 12 unspecified atom stereocenters. The van der Waals surface area contributed by atoms with E-state index < -0.39 is 0 Å². The molecule has 9 fully saturated rings. The van der Waals surface area contributed by atoms with Crippen LogP contribution in [0.2, 0.25) is 0 Å². The van der Waals surface area contributed by atoms with E-state index in [4.69, 9.17) is 24.1 Å². The Balaban J connectivity index is 0.000000723. The summed E-state index contributed by atoms with van der Waals surface area (Å²) in [5.41, 5.74) is 0. The topological polar surface area (TPSA) is 170 Å². The molecule has 5 aliphatic heterocycles. The van der Waals surface area contributed by atoms with E-state index in [0.29, 0.717) is 47.3 Å². The number of fused-ring (bicyclic) bond motifs is 20. The third kappa shape index (κ3) is 12.2. The second kappa shape index (κ2) is 24.3. The number of allylic oxidation sites excluding steroid dienone is 2. The summed E-state index contributed by atoms with van der Waals surface area (Å²) < 4.78 is 27.0. The zero-order valence-electron chi connectivity index (χ0n) is 43.6. The van der Waals surface area contributed by atoms with Gasteiger partial charge in [0.25, 0.3) is 0 Å². The first-order valence-electron chi connectivity index (χ1n) is 28.6. The van der Waals surface area contributed by atoms with Crippen LogP contribution in [0.15, 0.2) is 133 Å². The Morgan fingerprint density at radius 3 is 0.763 bits per heavy atom. The Hall–Kier alpha value is -4.50. The van der Waals surface area contributed by atoms with Crippen molar-refractivity contribution >= 4 is 23.1 Å². The fraction of sp³-hybridized carbons (Fsp3) is 0.557. The summed E-state index contributed by atoms with van der Waals surface area (Å²) in [6, 6.07) is 41.9. The van der Waals surface area contributed by atoms with E-state index in [0.717, 1.165) is 100 Å². The minimum absolute atomic E-state index is 0. The van der Waals surface area contributed by atoms with E-state index in [2.05, 4.69) is 164 Å². The predicted octanol–water partition coefficient (Wildman–Crippen LogP) is 6.69. The number of benzene rings is 4. The van der Waals surface area contributed by atoms with Crippen molar-refractivity contribution in [2.24, 2.45) is 47.3 Å². The van der Waals surface area contributed by atoms with Crippen molar-refractivity contribution in [1.82, 2.24) is 42.5 Å². The number of hydrogen-bond donors (Lipinski definition) is 9. The van der Waals surface area contributed by atoms with Gasteiger partial charge in [-0.15, -0.1) is 0 Å². The minimum atomic E-state index is -0.125. The number of ketones is 1. The SMILES string of the molecule is CC(=O)/C=C(/C)O.[AlH3].c1ccc(OC2CCC3C4NC(NC5NC(NC6NC(NC7NC(N4)C4CC(Oc8ccccc8)CCC74)C4CC(Oc7ccccc7)CCC64)C4CC(Oc6ccccc6)CCC54)C3C2)cc1.